The smallest absolute Gasteiger partial charge is 0.415 e. The number of methoxy groups -OCH3 is 1. The van der Waals surface area contributed by atoms with Gasteiger partial charge >= 0.3 is 18.1 Å². The van der Waals surface area contributed by atoms with Gasteiger partial charge in [0, 0.05) is 4.91 Å². The van der Waals surface area contributed by atoms with Crippen LogP contribution in [0.1, 0.15) is 6.42 Å². The lowest BCUT2D eigenvalue weighted by Crippen LogP contribution is -2.48. The first kappa shape index (κ1) is 14.2. The van der Waals surface area contributed by atoms with Gasteiger partial charge in [0.05, 0.1) is 25.4 Å². The van der Waals surface area contributed by atoms with Crippen molar-refractivity contribution in [3.05, 3.63) is 10.6 Å². The predicted molar refractivity (Wildman–Crippen MR) is 66.4 cm³/mol. The van der Waals surface area contributed by atoms with E-state index < -0.39 is 18.1 Å². The average molecular weight is 301 g/mol. The van der Waals surface area contributed by atoms with Gasteiger partial charge < -0.3 is 15.2 Å². The molecule has 1 atom stereocenters. The zero-order valence-electron chi connectivity index (χ0n) is 10.3. The largest absolute Gasteiger partial charge is 0.477 e. The quantitative estimate of drug-likeness (QED) is 0.608. The van der Waals surface area contributed by atoms with Crippen molar-refractivity contribution in [2.24, 2.45) is 0 Å². The maximum atomic E-state index is 11.3. The Morgan fingerprint density at radius 2 is 2.20 bits per heavy atom. The second-order valence-electron chi connectivity index (χ2n) is 3.92. The van der Waals surface area contributed by atoms with Crippen LogP contribution in [-0.2, 0) is 14.3 Å². The number of nitrogens with zero attached hydrogens (tertiary/aromatic N) is 1. The second-order valence-corrected chi connectivity index (χ2v) is 5.19. The molecule has 0 spiro atoms. The molecule has 20 heavy (non-hydrogen) atoms. The van der Waals surface area contributed by atoms with Gasteiger partial charge in [-0.15, -0.1) is 11.8 Å². The number of imide groups is 1. The normalized spacial score (nSPS) is 20.1. The van der Waals surface area contributed by atoms with Crippen LogP contribution in [0, 0.1) is 0 Å². The third-order valence-electron chi connectivity index (χ3n) is 2.70. The first-order valence-corrected chi connectivity index (χ1v) is 6.40. The van der Waals surface area contributed by atoms with E-state index in [2.05, 4.69) is 10.1 Å². The summed E-state index contributed by atoms with van der Waals surface area (Å²) in [5.74, 6) is -1.48. The topological polar surface area (TPSA) is 125 Å². The molecule has 0 aromatic rings. The monoisotopic (exact) mass is 301 g/mol. The van der Waals surface area contributed by atoms with Gasteiger partial charge in [-0.3, -0.25) is 9.69 Å². The van der Waals surface area contributed by atoms with Gasteiger partial charge in [-0.25, -0.2) is 19.7 Å². The van der Waals surface area contributed by atoms with Gasteiger partial charge in [0.1, 0.15) is 5.70 Å². The molecule has 4 amide bonds. The Morgan fingerprint density at radius 1 is 1.50 bits per heavy atom. The van der Waals surface area contributed by atoms with Crippen LogP contribution >= 0.6 is 11.8 Å². The summed E-state index contributed by atoms with van der Waals surface area (Å²) in [5, 5.41) is 13.1. The number of carboxylic acids is 1. The lowest BCUT2D eigenvalue weighted by Gasteiger charge is -2.33. The molecule has 0 aromatic carbocycles. The molecule has 1 saturated heterocycles. The van der Waals surface area contributed by atoms with E-state index in [1.165, 1.54) is 16.7 Å². The zero-order valence-corrected chi connectivity index (χ0v) is 11.2. The van der Waals surface area contributed by atoms with Crippen LogP contribution in [0.5, 0.6) is 0 Å². The van der Waals surface area contributed by atoms with Crippen molar-refractivity contribution in [1.29, 1.82) is 0 Å². The van der Waals surface area contributed by atoms with Crippen LogP contribution < -0.4 is 10.6 Å². The summed E-state index contributed by atoms with van der Waals surface area (Å²) in [5.41, 5.74) is -0.116. The van der Waals surface area contributed by atoms with Crippen LogP contribution in [0.15, 0.2) is 10.6 Å². The molecule has 2 aliphatic rings. The fraction of sp³-hybridized carbons (Fsp3) is 0.400. The third-order valence-corrected chi connectivity index (χ3v) is 3.97. The van der Waals surface area contributed by atoms with Crippen molar-refractivity contribution < 1.29 is 29.0 Å². The standard InChI is InChI=1S/C10H11N3O6S/c1-19-10(18)12-9(17)11-3-4-7(8(15)16)13-5(14)2-6(13)20-4/h6H,2-3H2,1H3,(H,15,16)(H2,11,12,17,18)/t6-/m1/s1. The van der Waals surface area contributed by atoms with Gasteiger partial charge in [0.2, 0.25) is 5.91 Å². The lowest BCUT2D eigenvalue weighted by atomic mass is 10.1. The Morgan fingerprint density at radius 3 is 2.75 bits per heavy atom. The van der Waals surface area contributed by atoms with E-state index in [1.54, 1.807) is 0 Å². The summed E-state index contributed by atoms with van der Waals surface area (Å²) in [6.45, 7) is -0.0879. The fourth-order valence-electron chi connectivity index (χ4n) is 1.80. The number of β-lactam (4-membered cyclic amide) rings is 1. The molecule has 9 nitrogen and oxygen atoms in total. The summed E-state index contributed by atoms with van der Waals surface area (Å²) in [6, 6.07) is -0.810. The molecule has 3 N–H and O–H groups in total. The van der Waals surface area contributed by atoms with E-state index in [1.807, 2.05) is 5.32 Å². The van der Waals surface area contributed by atoms with E-state index in [0.29, 0.717) is 4.91 Å². The van der Waals surface area contributed by atoms with E-state index >= 15 is 0 Å². The molecule has 0 saturated carbocycles. The molecule has 108 valence electrons. The summed E-state index contributed by atoms with van der Waals surface area (Å²) < 4.78 is 4.24. The van der Waals surface area contributed by atoms with Gasteiger partial charge in [0.25, 0.3) is 0 Å². The number of urea groups is 1. The van der Waals surface area contributed by atoms with E-state index in [4.69, 9.17) is 5.11 Å². The molecule has 0 aromatic heterocycles. The van der Waals surface area contributed by atoms with Crippen LogP contribution in [0.2, 0.25) is 0 Å². The maximum Gasteiger partial charge on any atom is 0.415 e. The molecule has 1 fully saturated rings. The summed E-state index contributed by atoms with van der Waals surface area (Å²) in [6.07, 6.45) is -0.646. The highest BCUT2D eigenvalue weighted by Gasteiger charge is 2.48. The lowest BCUT2D eigenvalue weighted by molar-refractivity contribution is -0.145. The maximum absolute atomic E-state index is 11.3. The third kappa shape index (κ3) is 2.54. The minimum atomic E-state index is -1.22. The highest BCUT2D eigenvalue weighted by molar-refractivity contribution is 8.04. The predicted octanol–water partition coefficient (Wildman–Crippen LogP) is -0.347. The molecule has 2 heterocycles. The van der Waals surface area contributed by atoms with Crippen molar-refractivity contribution >= 4 is 35.8 Å². The van der Waals surface area contributed by atoms with Gasteiger partial charge in [-0.2, -0.15) is 0 Å². The first-order chi connectivity index (χ1) is 9.43. The number of hydrogen-bond acceptors (Lipinski definition) is 6. The van der Waals surface area contributed by atoms with Crippen LogP contribution in [0.4, 0.5) is 9.59 Å². The molecular weight excluding hydrogens is 290 g/mol. The summed E-state index contributed by atoms with van der Waals surface area (Å²) >= 11 is 1.21. The van der Waals surface area contributed by atoms with Crippen LogP contribution in [-0.4, -0.2) is 53.0 Å². The highest BCUT2D eigenvalue weighted by Crippen LogP contribution is 2.45. The van der Waals surface area contributed by atoms with Gasteiger partial charge in [-0.1, -0.05) is 0 Å². The van der Waals surface area contributed by atoms with E-state index in [0.717, 1.165) is 7.11 Å². The van der Waals surface area contributed by atoms with Crippen molar-refractivity contribution in [3.63, 3.8) is 0 Å². The number of rotatable bonds is 3. The Labute approximate surface area is 117 Å². The van der Waals surface area contributed by atoms with Crippen LogP contribution in [0.3, 0.4) is 0 Å². The van der Waals surface area contributed by atoms with E-state index in [-0.39, 0.29) is 29.9 Å². The number of fused-ring (bicyclic) bond motifs is 1. The second kappa shape index (κ2) is 5.41. The number of amides is 4. The number of carboxylic acid groups (broad SMARTS) is 1. The molecule has 2 rings (SSSR count). The molecule has 0 unspecified atom stereocenters. The highest BCUT2D eigenvalue weighted by atomic mass is 32.2. The molecule has 0 aliphatic carbocycles. The number of ether oxygens (including phenoxy) is 1. The number of nitrogens with one attached hydrogen (secondary N) is 2. The van der Waals surface area contributed by atoms with Crippen molar-refractivity contribution in [1.82, 2.24) is 15.5 Å². The molecule has 10 heteroatoms. The van der Waals surface area contributed by atoms with Crippen molar-refractivity contribution in [3.8, 4) is 0 Å². The fourth-order valence-corrected chi connectivity index (χ4v) is 3.14. The Kier molecular flexibility index (Phi) is 3.84. The summed E-state index contributed by atoms with van der Waals surface area (Å²) in [4.78, 5) is 46.2. The SMILES string of the molecule is COC(=O)NC(=O)NCC1=C(C(=O)O)N2C(=O)C[C@H]2S1. The number of alkyl carbamates (subject to hydrolysis) is 1. The Balaban J connectivity index is 1.99. The van der Waals surface area contributed by atoms with Crippen molar-refractivity contribution in [2.75, 3.05) is 13.7 Å². The molecular formula is C10H11N3O6S. The van der Waals surface area contributed by atoms with Gasteiger partial charge in [0.15, 0.2) is 0 Å². The molecule has 0 radical (unpaired) electrons. The summed E-state index contributed by atoms with van der Waals surface area (Å²) in [7, 11) is 1.11. The van der Waals surface area contributed by atoms with Crippen molar-refractivity contribution in [2.45, 2.75) is 11.8 Å². The van der Waals surface area contributed by atoms with Crippen LogP contribution in [0.25, 0.3) is 0 Å². The Bertz CT molecular complexity index is 531. The minimum absolute atomic E-state index is 0.0879. The number of carbonyl (C=O) groups is 4. The molecule has 2 aliphatic heterocycles. The Hall–Kier alpha value is -2.23. The molecule has 0 bridgehead atoms. The number of aliphatic carboxylic acids is 1. The first-order valence-electron chi connectivity index (χ1n) is 5.52. The number of hydrogen-bond donors (Lipinski definition) is 3. The average Bonchev–Trinajstić information content (AvgIpc) is 2.68. The van der Waals surface area contributed by atoms with E-state index in [9.17, 15) is 19.2 Å². The number of thioether (sulfide) groups is 1. The van der Waals surface area contributed by atoms with Gasteiger partial charge in [-0.05, 0) is 0 Å². The minimum Gasteiger partial charge on any atom is -0.477 e. The number of carbonyl (C=O) groups excluding carboxylic acids is 3. The zero-order chi connectivity index (χ0) is 14.9.